The lowest BCUT2D eigenvalue weighted by Crippen LogP contribution is -2.41. The fraction of sp³-hybridized carbons (Fsp3) is 0.500. The quantitative estimate of drug-likeness (QED) is 0.820. The molecule has 0 spiro atoms. The molecule has 144 valence electrons. The van der Waals surface area contributed by atoms with Crippen molar-refractivity contribution >= 4 is 18.5 Å². The molecule has 1 fully saturated rings. The van der Waals surface area contributed by atoms with Crippen LogP contribution in [0.25, 0.3) is 0 Å². The molecule has 1 aliphatic heterocycles. The Balaban J connectivity index is 1.76. The van der Waals surface area contributed by atoms with Crippen molar-refractivity contribution < 1.29 is 14.1 Å². The smallest absolute Gasteiger partial charge is 0.399 e. The highest BCUT2D eigenvalue weighted by atomic mass is 16.7. The first kappa shape index (κ1) is 19.6. The van der Waals surface area contributed by atoms with Gasteiger partial charge >= 0.3 is 7.12 Å². The average molecular weight is 370 g/mol. The van der Waals surface area contributed by atoms with Crippen LogP contribution in [0.4, 0.5) is 0 Å². The molecule has 1 aromatic rings. The second-order valence-corrected chi connectivity index (χ2v) is 8.26. The number of rotatable bonds is 4. The highest BCUT2D eigenvalue weighted by Crippen LogP contribution is 2.36. The molecule has 1 amide bonds. The molecule has 2 aliphatic rings. The molecule has 3 rings (SSSR count). The number of aromatic nitrogens is 1. The number of pyridine rings is 1. The van der Waals surface area contributed by atoms with Crippen LogP contribution in [-0.2, 0) is 20.6 Å². The molecular weight excluding hydrogens is 343 g/mol. The van der Waals surface area contributed by atoms with Crippen LogP contribution in [0.1, 0.15) is 41.0 Å². The maximum atomic E-state index is 12.3. The Hall–Kier alpha value is -2.12. The zero-order chi connectivity index (χ0) is 19.8. The van der Waals surface area contributed by atoms with Gasteiger partial charge in [-0.15, -0.1) is 0 Å². The molecule has 1 N–H and O–H groups in total. The monoisotopic (exact) mass is 370 g/mol. The summed E-state index contributed by atoms with van der Waals surface area (Å²) in [6, 6.07) is 3.32. The number of carbonyl (C=O) groups is 1. The number of allylic oxidation sites excluding steroid dienone is 4. The van der Waals surface area contributed by atoms with Gasteiger partial charge in [0.05, 0.1) is 11.2 Å². The maximum Gasteiger partial charge on any atom is 0.496 e. The van der Waals surface area contributed by atoms with Gasteiger partial charge in [-0.25, -0.2) is 0 Å². The van der Waals surface area contributed by atoms with Crippen molar-refractivity contribution in [3.63, 3.8) is 0 Å². The lowest BCUT2D eigenvalue weighted by Gasteiger charge is -2.32. The van der Waals surface area contributed by atoms with Crippen LogP contribution in [0.2, 0.25) is 0 Å². The van der Waals surface area contributed by atoms with Crippen LogP contribution >= 0.6 is 0 Å². The van der Waals surface area contributed by atoms with E-state index in [0.717, 1.165) is 11.2 Å². The minimum Gasteiger partial charge on any atom is -0.399 e. The minimum absolute atomic E-state index is 0.0701. The molecule has 1 aliphatic carbocycles. The number of hydrogen-bond acceptors (Lipinski definition) is 4. The molecule has 1 unspecified atom stereocenters. The Morgan fingerprint density at radius 2 is 1.93 bits per heavy atom. The Kier molecular flexibility index (Phi) is 5.19. The van der Waals surface area contributed by atoms with Gasteiger partial charge in [-0.05, 0) is 45.7 Å². The van der Waals surface area contributed by atoms with Crippen LogP contribution in [0.3, 0.4) is 0 Å². The number of nitrogens with zero attached hydrogens (tertiary/aromatic N) is 1. The molecule has 0 bridgehead atoms. The highest BCUT2D eigenvalue weighted by Gasteiger charge is 2.51. The normalized spacial score (nSPS) is 23.2. The van der Waals surface area contributed by atoms with Crippen LogP contribution in [-0.4, -0.2) is 28.8 Å². The van der Waals surface area contributed by atoms with E-state index < -0.39 is 18.3 Å². The van der Waals surface area contributed by atoms with Crippen molar-refractivity contribution in [3.05, 3.63) is 52.6 Å². The molecule has 0 radical (unpaired) electrons. The van der Waals surface area contributed by atoms with E-state index in [4.69, 9.17) is 9.31 Å². The summed E-state index contributed by atoms with van der Waals surface area (Å²) in [5.74, 6) is 0.0401. The summed E-state index contributed by atoms with van der Waals surface area (Å²) in [7, 11) is -0.501. The Morgan fingerprint density at radius 3 is 2.56 bits per heavy atom. The first-order valence-electron chi connectivity index (χ1n) is 9.28. The minimum atomic E-state index is -0.501. The van der Waals surface area contributed by atoms with Crippen molar-refractivity contribution in [2.75, 3.05) is 0 Å². The first-order chi connectivity index (χ1) is 12.6. The summed E-state index contributed by atoms with van der Waals surface area (Å²) in [6.07, 6.45) is 8.36. The largest absolute Gasteiger partial charge is 0.496 e. The predicted octanol–water partition coefficient (Wildman–Crippen LogP) is 1.74. The Morgan fingerprint density at radius 1 is 1.26 bits per heavy atom. The maximum absolute atomic E-state index is 12.3. The van der Waals surface area contributed by atoms with E-state index in [9.17, 15) is 9.59 Å². The van der Waals surface area contributed by atoms with Crippen molar-refractivity contribution in [1.82, 2.24) is 9.88 Å². The van der Waals surface area contributed by atoms with Gasteiger partial charge in [0, 0.05) is 37.3 Å². The van der Waals surface area contributed by atoms with Gasteiger partial charge in [0.2, 0.25) is 11.5 Å². The van der Waals surface area contributed by atoms with Gasteiger partial charge in [0.15, 0.2) is 0 Å². The van der Waals surface area contributed by atoms with Crippen molar-refractivity contribution in [1.29, 1.82) is 0 Å². The highest BCUT2D eigenvalue weighted by molar-refractivity contribution is 6.62. The van der Waals surface area contributed by atoms with E-state index in [1.807, 2.05) is 46.0 Å². The average Bonchev–Trinajstić information content (AvgIpc) is 2.77. The van der Waals surface area contributed by atoms with E-state index in [-0.39, 0.29) is 17.4 Å². The molecule has 1 saturated heterocycles. The van der Waals surface area contributed by atoms with Crippen molar-refractivity contribution in [3.8, 4) is 0 Å². The molecule has 0 saturated carbocycles. The van der Waals surface area contributed by atoms with Gasteiger partial charge in [-0.3, -0.25) is 9.59 Å². The second kappa shape index (κ2) is 7.13. The summed E-state index contributed by atoms with van der Waals surface area (Å²) >= 11 is 0. The lowest BCUT2D eigenvalue weighted by atomic mass is 9.80. The fourth-order valence-electron chi connectivity index (χ4n) is 3.26. The van der Waals surface area contributed by atoms with Gasteiger partial charge < -0.3 is 19.2 Å². The number of carbonyl (C=O) groups excluding carboxylic acids is 1. The number of amides is 1. The topological polar surface area (TPSA) is 69.6 Å². The standard InChI is InChI=1S/C20H27BN2O4/c1-14(24)22-17-8-6-7-15(11-17)12-23-13-16(9-10-18(23)25)21-26-19(2,3)20(4,5)27-21/h6-10,13,15H,11-12H2,1-5H3,(H,22,24). The second-order valence-electron chi connectivity index (χ2n) is 8.26. The van der Waals surface area contributed by atoms with E-state index in [1.165, 1.54) is 6.92 Å². The Bertz CT molecular complexity index is 838. The van der Waals surface area contributed by atoms with Crippen LogP contribution in [0.5, 0.6) is 0 Å². The number of hydrogen-bond donors (Lipinski definition) is 1. The lowest BCUT2D eigenvalue weighted by molar-refractivity contribution is -0.118. The SMILES string of the molecule is CC(=O)NC1=CC=CC(Cn2cc(B3OC(C)(C)C(C)(C)O3)ccc2=O)C1. The van der Waals surface area contributed by atoms with E-state index in [1.54, 1.807) is 16.7 Å². The summed E-state index contributed by atoms with van der Waals surface area (Å²) in [4.78, 5) is 23.6. The van der Waals surface area contributed by atoms with Crippen LogP contribution in [0, 0.1) is 5.92 Å². The third-order valence-corrected chi connectivity index (χ3v) is 5.46. The summed E-state index contributed by atoms with van der Waals surface area (Å²) < 4.78 is 13.9. The molecule has 6 nitrogen and oxygen atoms in total. The third kappa shape index (κ3) is 4.25. The zero-order valence-electron chi connectivity index (χ0n) is 16.6. The molecule has 2 heterocycles. The molecule has 0 aromatic carbocycles. The molecule has 7 heteroatoms. The first-order valence-corrected chi connectivity index (χ1v) is 9.28. The van der Waals surface area contributed by atoms with Crippen LogP contribution in [0.15, 0.2) is 47.0 Å². The Labute approximate surface area is 160 Å². The van der Waals surface area contributed by atoms with Crippen molar-refractivity contribution in [2.45, 2.75) is 58.8 Å². The third-order valence-electron chi connectivity index (χ3n) is 5.46. The van der Waals surface area contributed by atoms with E-state index in [0.29, 0.717) is 13.0 Å². The molecule has 1 aromatic heterocycles. The molecule has 1 atom stereocenters. The van der Waals surface area contributed by atoms with Gasteiger partial charge in [0.1, 0.15) is 0 Å². The van der Waals surface area contributed by atoms with E-state index >= 15 is 0 Å². The van der Waals surface area contributed by atoms with Crippen molar-refractivity contribution in [2.24, 2.45) is 5.92 Å². The van der Waals surface area contributed by atoms with Crippen LogP contribution < -0.4 is 16.3 Å². The summed E-state index contributed by atoms with van der Waals surface area (Å²) in [5.41, 5.74) is 0.765. The zero-order valence-corrected chi connectivity index (χ0v) is 16.6. The van der Waals surface area contributed by atoms with E-state index in [2.05, 4.69) is 11.4 Å². The summed E-state index contributed by atoms with van der Waals surface area (Å²) in [5, 5.41) is 2.83. The van der Waals surface area contributed by atoms with Gasteiger partial charge in [-0.1, -0.05) is 18.2 Å². The summed E-state index contributed by atoms with van der Waals surface area (Å²) in [6.45, 7) is 10.0. The fourth-order valence-corrected chi connectivity index (χ4v) is 3.26. The molecule has 27 heavy (non-hydrogen) atoms. The van der Waals surface area contributed by atoms with Gasteiger partial charge in [-0.2, -0.15) is 0 Å². The predicted molar refractivity (Wildman–Crippen MR) is 106 cm³/mol. The molecular formula is C20H27BN2O4. The van der Waals surface area contributed by atoms with Gasteiger partial charge in [0.25, 0.3) is 0 Å². The number of nitrogens with one attached hydrogen (secondary N) is 1.